The third-order valence-corrected chi connectivity index (χ3v) is 5.37. The number of piperazine rings is 1. The Morgan fingerprint density at radius 2 is 1.52 bits per heavy atom. The Morgan fingerprint density at radius 3 is 2.11 bits per heavy atom. The summed E-state index contributed by atoms with van der Waals surface area (Å²) in [6, 6.07) is 14.6. The minimum atomic E-state index is -0.149. The van der Waals surface area contributed by atoms with Crippen LogP contribution in [0.1, 0.15) is 23.2 Å². The Kier molecular flexibility index (Phi) is 5.03. The molecule has 1 aliphatic carbocycles. The molecule has 0 atom stereocenters. The number of nitrogens with zero attached hydrogens (tertiary/aromatic N) is 2. The van der Waals surface area contributed by atoms with Gasteiger partial charge < -0.3 is 15.1 Å². The molecule has 2 aliphatic rings. The normalized spacial score (nSPS) is 16.9. The predicted octanol–water partition coefficient (Wildman–Crippen LogP) is 3.65. The summed E-state index contributed by atoms with van der Waals surface area (Å²) in [6.45, 7) is 3.20. The van der Waals surface area contributed by atoms with Gasteiger partial charge in [-0.3, -0.25) is 9.59 Å². The summed E-state index contributed by atoms with van der Waals surface area (Å²) in [5.74, 6) is 0.461. The molecule has 0 aromatic heterocycles. The average molecular weight is 384 g/mol. The van der Waals surface area contributed by atoms with Crippen molar-refractivity contribution >= 4 is 34.8 Å². The van der Waals surface area contributed by atoms with E-state index in [4.69, 9.17) is 11.6 Å². The SMILES string of the molecule is O=C(Nc1ccc(Cl)cc1)c1ccc(N2CCN(C(=O)C3CC3)CC2)cc1. The molecule has 1 N–H and O–H groups in total. The molecule has 0 spiro atoms. The van der Waals surface area contributed by atoms with Crippen molar-refractivity contribution in [3.05, 3.63) is 59.1 Å². The Hall–Kier alpha value is -2.53. The minimum absolute atomic E-state index is 0.149. The largest absolute Gasteiger partial charge is 0.368 e. The van der Waals surface area contributed by atoms with Gasteiger partial charge in [0, 0.05) is 54.1 Å². The molecule has 2 fully saturated rings. The van der Waals surface area contributed by atoms with Crippen LogP contribution in [-0.2, 0) is 4.79 Å². The summed E-state index contributed by atoms with van der Waals surface area (Å²) in [6.07, 6.45) is 2.11. The second-order valence-electron chi connectivity index (χ2n) is 7.09. The first kappa shape index (κ1) is 17.9. The molecule has 1 saturated carbocycles. The molecule has 0 bridgehead atoms. The van der Waals surface area contributed by atoms with Crippen LogP contribution in [0.5, 0.6) is 0 Å². The smallest absolute Gasteiger partial charge is 0.255 e. The first-order valence-corrected chi connectivity index (χ1v) is 9.69. The van der Waals surface area contributed by atoms with E-state index in [2.05, 4.69) is 10.2 Å². The predicted molar refractivity (Wildman–Crippen MR) is 107 cm³/mol. The first-order chi connectivity index (χ1) is 13.1. The summed E-state index contributed by atoms with van der Waals surface area (Å²) in [5, 5.41) is 3.50. The van der Waals surface area contributed by atoms with E-state index in [0.717, 1.165) is 44.7 Å². The first-order valence-electron chi connectivity index (χ1n) is 9.31. The zero-order valence-corrected chi connectivity index (χ0v) is 15.8. The third kappa shape index (κ3) is 4.25. The number of hydrogen-bond acceptors (Lipinski definition) is 3. The molecule has 5 nitrogen and oxygen atoms in total. The lowest BCUT2D eigenvalue weighted by Crippen LogP contribution is -2.49. The third-order valence-electron chi connectivity index (χ3n) is 5.11. The number of carbonyl (C=O) groups excluding carboxylic acids is 2. The molecule has 140 valence electrons. The van der Waals surface area contributed by atoms with E-state index in [9.17, 15) is 9.59 Å². The second-order valence-corrected chi connectivity index (χ2v) is 7.53. The number of anilines is 2. The van der Waals surface area contributed by atoms with Crippen molar-refractivity contribution in [2.24, 2.45) is 5.92 Å². The standard InChI is InChI=1S/C21H22ClN3O2/c22-17-5-7-18(8-6-17)23-20(26)15-3-9-19(10-4-15)24-11-13-25(14-12-24)21(27)16-1-2-16/h3-10,16H,1-2,11-14H2,(H,23,26). The molecular weight excluding hydrogens is 362 g/mol. The number of amides is 2. The van der Waals surface area contributed by atoms with E-state index in [-0.39, 0.29) is 11.8 Å². The molecule has 27 heavy (non-hydrogen) atoms. The van der Waals surface area contributed by atoms with Crippen molar-refractivity contribution in [2.45, 2.75) is 12.8 Å². The van der Waals surface area contributed by atoms with Crippen molar-refractivity contribution < 1.29 is 9.59 Å². The van der Waals surface area contributed by atoms with Gasteiger partial charge in [0.1, 0.15) is 0 Å². The van der Waals surface area contributed by atoms with Gasteiger partial charge in [0.05, 0.1) is 0 Å². The van der Waals surface area contributed by atoms with E-state index in [0.29, 0.717) is 22.2 Å². The molecule has 4 rings (SSSR count). The van der Waals surface area contributed by atoms with Gasteiger partial charge in [0.25, 0.3) is 5.91 Å². The van der Waals surface area contributed by atoms with Gasteiger partial charge in [0.15, 0.2) is 0 Å². The lowest BCUT2D eigenvalue weighted by molar-refractivity contribution is -0.132. The van der Waals surface area contributed by atoms with Gasteiger partial charge in [0.2, 0.25) is 5.91 Å². The molecule has 2 amide bonds. The number of rotatable bonds is 4. The van der Waals surface area contributed by atoms with Gasteiger partial charge in [-0.1, -0.05) is 11.6 Å². The van der Waals surface area contributed by atoms with E-state index in [1.54, 1.807) is 24.3 Å². The molecule has 0 unspecified atom stereocenters. The van der Waals surface area contributed by atoms with Gasteiger partial charge in [-0.2, -0.15) is 0 Å². The highest BCUT2D eigenvalue weighted by Gasteiger charge is 2.34. The van der Waals surface area contributed by atoms with Crippen LogP contribution < -0.4 is 10.2 Å². The van der Waals surface area contributed by atoms with Crippen LogP contribution in [0.15, 0.2) is 48.5 Å². The fourth-order valence-electron chi connectivity index (χ4n) is 3.33. The molecule has 2 aromatic carbocycles. The topological polar surface area (TPSA) is 52.7 Å². The van der Waals surface area contributed by atoms with Crippen LogP contribution in [-0.4, -0.2) is 42.9 Å². The molecule has 1 heterocycles. The van der Waals surface area contributed by atoms with Crippen molar-refractivity contribution in [3.8, 4) is 0 Å². The lowest BCUT2D eigenvalue weighted by Gasteiger charge is -2.36. The molecule has 2 aromatic rings. The summed E-state index contributed by atoms with van der Waals surface area (Å²) >= 11 is 5.86. The minimum Gasteiger partial charge on any atom is -0.368 e. The second kappa shape index (κ2) is 7.61. The van der Waals surface area contributed by atoms with Crippen LogP contribution in [0.3, 0.4) is 0 Å². The van der Waals surface area contributed by atoms with Crippen molar-refractivity contribution in [1.29, 1.82) is 0 Å². The fourth-order valence-corrected chi connectivity index (χ4v) is 3.46. The van der Waals surface area contributed by atoms with Gasteiger partial charge in [-0.25, -0.2) is 0 Å². The quantitative estimate of drug-likeness (QED) is 0.876. The zero-order valence-electron chi connectivity index (χ0n) is 15.0. The van der Waals surface area contributed by atoms with E-state index >= 15 is 0 Å². The highest BCUT2D eigenvalue weighted by atomic mass is 35.5. The molecular formula is C21H22ClN3O2. The Bertz CT molecular complexity index is 824. The van der Waals surface area contributed by atoms with Crippen molar-refractivity contribution in [2.75, 3.05) is 36.4 Å². The fraction of sp³-hybridized carbons (Fsp3) is 0.333. The van der Waals surface area contributed by atoms with Crippen molar-refractivity contribution in [3.63, 3.8) is 0 Å². The summed E-state index contributed by atoms with van der Waals surface area (Å²) in [5.41, 5.74) is 2.40. The van der Waals surface area contributed by atoms with E-state index in [1.807, 2.05) is 29.2 Å². The van der Waals surface area contributed by atoms with Gasteiger partial charge in [-0.05, 0) is 61.4 Å². The maximum Gasteiger partial charge on any atom is 0.255 e. The van der Waals surface area contributed by atoms with Crippen LogP contribution in [0.25, 0.3) is 0 Å². The van der Waals surface area contributed by atoms with Gasteiger partial charge >= 0.3 is 0 Å². The van der Waals surface area contributed by atoms with Crippen LogP contribution in [0, 0.1) is 5.92 Å². The van der Waals surface area contributed by atoms with E-state index in [1.165, 1.54) is 0 Å². The Morgan fingerprint density at radius 1 is 0.889 bits per heavy atom. The van der Waals surface area contributed by atoms with E-state index < -0.39 is 0 Å². The Labute approximate surface area is 163 Å². The van der Waals surface area contributed by atoms with Crippen LogP contribution in [0.2, 0.25) is 5.02 Å². The Balaban J connectivity index is 1.34. The summed E-state index contributed by atoms with van der Waals surface area (Å²) in [4.78, 5) is 28.8. The maximum absolute atomic E-state index is 12.4. The number of nitrogens with one attached hydrogen (secondary N) is 1. The number of hydrogen-bond donors (Lipinski definition) is 1. The highest BCUT2D eigenvalue weighted by molar-refractivity contribution is 6.30. The van der Waals surface area contributed by atoms with Crippen LogP contribution >= 0.6 is 11.6 Å². The highest BCUT2D eigenvalue weighted by Crippen LogP contribution is 2.31. The molecule has 0 radical (unpaired) electrons. The summed E-state index contributed by atoms with van der Waals surface area (Å²) < 4.78 is 0. The number of benzene rings is 2. The van der Waals surface area contributed by atoms with Crippen LogP contribution in [0.4, 0.5) is 11.4 Å². The number of halogens is 1. The summed E-state index contributed by atoms with van der Waals surface area (Å²) in [7, 11) is 0. The van der Waals surface area contributed by atoms with Gasteiger partial charge in [-0.15, -0.1) is 0 Å². The molecule has 1 saturated heterocycles. The monoisotopic (exact) mass is 383 g/mol. The van der Waals surface area contributed by atoms with Crippen molar-refractivity contribution in [1.82, 2.24) is 4.90 Å². The molecule has 1 aliphatic heterocycles. The maximum atomic E-state index is 12.4. The lowest BCUT2D eigenvalue weighted by atomic mass is 10.1. The molecule has 6 heteroatoms. The average Bonchev–Trinajstić information content (AvgIpc) is 3.55. The zero-order chi connectivity index (χ0) is 18.8. The number of carbonyl (C=O) groups is 2.